The lowest BCUT2D eigenvalue weighted by atomic mass is 10.2. The largest absolute Gasteiger partial charge is 0.461 e. The predicted octanol–water partition coefficient (Wildman–Crippen LogP) is 2.64. The second-order valence-corrected chi connectivity index (χ2v) is 5.12. The zero-order valence-corrected chi connectivity index (χ0v) is 12.8. The van der Waals surface area contributed by atoms with E-state index in [1.807, 2.05) is 12.1 Å². The molecule has 1 amide bonds. The van der Waals surface area contributed by atoms with Crippen molar-refractivity contribution in [3.63, 3.8) is 0 Å². The maximum atomic E-state index is 12.0. The van der Waals surface area contributed by atoms with E-state index in [-0.39, 0.29) is 5.91 Å². The molecule has 0 saturated heterocycles. The molecule has 0 aliphatic carbocycles. The first kappa shape index (κ1) is 14.8. The van der Waals surface area contributed by atoms with Crippen LogP contribution in [0.5, 0.6) is 0 Å². The Kier molecular flexibility index (Phi) is 4.09. The van der Waals surface area contributed by atoms with Gasteiger partial charge in [0.25, 0.3) is 5.91 Å². The van der Waals surface area contributed by atoms with Crippen LogP contribution in [0, 0.1) is 0 Å². The summed E-state index contributed by atoms with van der Waals surface area (Å²) in [6.45, 7) is 0.354. The topological polar surface area (TPSA) is 84.4 Å². The third kappa shape index (κ3) is 3.39. The minimum Gasteiger partial charge on any atom is -0.461 e. The normalized spacial score (nSPS) is 10.5. The van der Waals surface area contributed by atoms with Crippen molar-refractivity contribution < 1.29 is 13.7 Å². The molecule has 118 valence electrons. The SMILES string of the molecule is CN(C)C(=O)c1cccc(NCc2nc(-c3ccco3)no2)c1. The lowest BCUT2D eigenvalue weighted by molar-refractivity contribution is 0.0827. The van der Waals surface area contributed by atoms with Crippen molar-refractivity contribution in [2.75, 3.05) is 19.4 Å². The molecule has 0 aliphatic heterocycles. The zero-order chi connectivity index (χ0) is 16.2. The third-order valence-corrected chi connectivity index (χ3v) is 3.17. The van der Waals surface area contributed by atoms with Crippen LogP contribution in [0.2, 0.25) is 0 Å². The Morgan fingerprint density at radius 3 is 2.87 bits per heavy atom. The first-order valence-electron chi connectivity index (χ1n) is 7.05. The second kappa shape index (κ2) is 6.35. The maximum absolute atomic E-state index is 12.0. The summed E-state index contributed by atoms with van der Waals surface area (Å²) >= 11 is 0. The van der Waals surface area contributed by atoms with E-state index in [0.29, 0.717) is 29.6 Å². The van der Waals surface area contributed by atoms with Gasteiger partial charge in [0.05, 0.1) is 12.8 Å². The quantitative estimate of drug-likeness (QED) is 0.779. The van der Waals surface area contributed by atoms with E-state index < -0.39 is 0 Å². The number of anilines is 1. The van der Waals surface area contributed by atoms with Crippen LogP contribution in [0.1, 0.15) is 16.2 Å². The molecule has 0 atom stereocenters. The maximum Gasteiger partial charge on any atom is 0.253 e. The molecule has 1 N–H and O–H groups in total. The van der Waals surface area contributed by atoms with E-state index >= 15 is 0 Å². The van der Waals surface area contributed by atoms with Crippen LogP contribution in [0.25, 0.3) is 11.6 Å². The van der Waals surface area contributed by atoms with Gasteiger partial charge in [0.1, 0.15) is 0 Å². The summed E-state index contributed by atoms with van der Waals surface area (Å²) in [6, 6.07) is 10.8. The Labute approximate surface area is 132 Å². The zero-order valence-electron chi connectivity index (χ0n) is 12.8. The summed E-state index contributed by atoms with van der Waals surface area (Å²) in [4.78, 5) is 17.7. The van der Waals surface area contributed by atoms with Gasteiger partial charge in [-0.1, -0.05) is 11.2 Å². The minimum atomic E-state index is -0.0495. The lowest BCUT2D eigenvalue weighted by Crippen LogP contribution is -2.21. The fourth-order valence-corrected chi connectivity index (χ4v) is 2.03. The van der Waals surface area contributed by atoms with E-state index in [1.54, 1.807) is 44.6 Å². The van der Waals surface area contributed by atoms with E-state index in [2.05, 4.69) is 15.5 Å². The number of carbonyl (C=O) groups is 1. The van der Waals surface area contributed by atoms with Gasteiger partial charge < -0.3 is 19.2 Å². The molecule has 0 bridgehead atoms. The van der Waals surface area contributed by atoms with Crippen molar-refractivity contribution in [3.8, 4) is 11.6 Å². The monoisotopic (exact) mass is 312 g/mol. The van der Waals surface area contributed by atoms with Crippen LogP contribution in [-0.2, 0) is 6.54 Å². The number of benzene rings is 1. The average molecular weight is 312 g/mol. The molecule has 0 radical (unpaired) electrons. The molecule has 7 heteroatoms. The summed E-state index contributed by atoms with van der Waals surface area (Å²) in [7, 11) is 3.44. The lowest BCUT2D eigenvalue weighted by Gasteiger charge is -2.11. The fourth-order valence-electron chi connectivity index (χ4n) is 2.03. The highest BCUT2D eigenvalue weighted by atomic mass is 16.5. The molecular formula is C16H16N4O3. The molecule has 0 unspecified atom stereocenters. The standard InChI is InChI=1S/C16H16N4O3/c1-20(2)16(21)11-5-3-6-12(9-11)17-10-14-18-15(19-23-14)13-7-4-8-22-13/h3-9,17H,10H2,1-2H3. The summed E-state index contributed by atoms with van der Waals surface area (Å²) in [6.07, 6.45) is 1.55. The van der Waals surface area contributed by atoms with Gasteiger partial charge in [0.15, 0.2) is 5.76 Å². The van der Waals surface area contributed by atoms with Crippen molar-refractivity contribution >= 4 is 11.6 Å². The fraction of sp³-hybridized carbons (Fsp3) is 0.188. The van der Waals surface area contributed by atoms with Crippen LogP contribution in [0.15, 0.2) is 51.6 Å². The van der Waals surface area contributed by atoms with Crippen LogP contribution >= 0.6 is 0 Å². The second-order valence-electron chi connectivity index (χ2n) is 5.12. The molecule has 7 nitrogen and oxygen atoms in total. The first-order chi connectivity index (χ1) is 11.1. The molecule has 1 aromatic carbocycles. The Hall–Kier alpha value is -3.09. The van der Waals surface area contributed by atoms with Crippen molar-refractivity contribution in [2.45, 2.75) is 6.54 Å². The number of carbonyl (C=O) groups excluding carboxylic acids is 1. The van der Waals surface area contributed by atoms with Crippen molar-refractivity contribution in [1.82, 2.24) is 15.0 Å². The Morgan fingerprint density at radius 2 is 2.13 bits per heavy atom. The molecule has 2 heterocycles. The predicted molar refractivity (Wildman–Crippen MR) is 83.8 cm³/mol. The molecule has 0 spiro atoms. The van der Waals surface area contributed by atoms with Crippen LogP contribution in [0.4, 0.5) is 5.69 Å². The van der Waals surface area contributed by atoms with Gasteiger partial charge in [0, 0.05) is 25.3 Å². The highest BCUT2D eigenvalue weighted by Gasteiger charge is 2.11. The molecule has 0 fully saturated rings. The molecular weight excluding hydrogens is 296 g/mol. The molecule has 3 rings (SSSR count). The highest BCUT2D eigenvalue weighted by Crippen LogP contribution is 2.17. The van der Waals surface area contributed by atoms with Crippen LogP contribution in [-0.4, -0.2) is 35.0 Å². The van der Waals surface area contributed by atoms with Crippen LogP contribution < -0.4 is 5.32 Å². The van der Waals surface area contributed by atoms with Gasteiger partial charge in [-0.05, 0) is 30.3 Å². The van der Waals surface area contributed by atoms with Gasteiger partial charge >= 0.3 is 0 Å². The van der Waals surface area contributed by atoms with E-state index in [0.717, 1.165) is 5.69 Å². The Bertz CT molecular complexity index is 793. The van der Waals surface area contributed by atoms with Gasteiger partial charge in [-0.2, -0.15) is 4.98 Å². The van der Waals surface area contributed by atoms with E-state index in [1.165, 1.54) is 4.90 Å². The van der Waals surface area contributed by atoms with Crippen LogP contribution in [0.3, 0.4) is 0 Å². The third-order valence-electron chi connectivity index (χ3n) is 3.17. The number of nitrogens with one attached hydrogen (secondary N) is 1. The van der Waals surface area contributed by atoms with E-state index in [9.17, 15) is 4.79 Å². The highest BCUT2D eigenvalue weighted by molar-refractivity contribution is 5.94. The molecule has 2 aromatic heterocycles. The number of amides is 1. The summed E-state index contributed by atoms with van der Waals surface area (Å²) in [5, 5.41) is 7.02. The summed E-state index contributed by atoms with van der Waals surface area (Å²) in [5.41, 5.74) is 1.41. The Balaban J connectivity index is 1.67. The van der Waals surface area contributed by atoms with Crippen molar-refractivity contribution in [3.05, 3.63) is 54.1 Å². The van der Waals surface area contributed by atoms with Gasteiger partial charge in [0.2, 0.25) is 11.7 Å². The number of furan rings is 1. The van der Waals surface area contributed by atoms with Crippen molar-refractivity contribution in [2.24, 2.45) is 0 Å². The number of aromatic nitrogens is 2. The summed E-state index contributed by atoms with van der Waals surface area (Å²) in [5.74, 6) is 1.34. The van der Waals surface area contributed by atoms with Crippen molar-refractivity contribution in [1.29, 1.82) is 0 Å². The molecule has 23 heavy (non-hydrogen) atoms. The first-order valence-corrected chi connectivity index (χ1v) is 7.05. The average Bonchev–Trinajstić information content (AvgIpc) is 3.23. The number of nitrogens with zero attached hydrogens (tertiary/aromatic N) is 3. The number of hydrogen-bond donors (Lipinski definition) is 1. The summed E-state index contributed by atoms with van der Waals surface area (Å²) < 4.78 is 10.4. The number of hydrogen-bond acceptors (Lipinski definition) is 6. The Morgan fingerprint density at radius 1 is 1.26 bits per heavy atom. The van der Waals surface area contributed by atoms with Gasteiger partial charge in [-0.25, -0.2) is 0 Å². The minimum absolute atomic E-state index is 0.0495. The van der Waals surface area contributed by atoms with Gasteiger partial charge in [-0.3, -0.25) is 4.79 Å². The number of rotatable bonds is 5. The van der Waals surface area contributed by atoms with Gasteiger partial charge in [-0.15, -0.1) is 0 Å². The van der Waals surface area contributed by atoms with E-state index in [4.69, 9.17) is 8.94 Å². The molecule has 0 aliphatic rings. The molecule has 3 aromatic rings. The smallest absolute Gasteiger partial charge is 0.253 e. The molecule has 0 saturated carbocycles.